The predicted molar refractivity (Wildman–Crippen MR) is 217 cm³/mol. The van der Waals surface area contributed by atoms with Gasteiger partial charge < -0.3 is 33.7 Å². The summed E-state index contributed by atoms with van der Waals surface area (Å²) < 4.78 is 30.4. The summed E-state index contributed by atoms with van der Waals surface area (Å²) in [5, 5.41) is 3.59. The lowest BCUT2D eigenvalue weighted by molar-refractivity contribution is -0.131. The monoisotopic (exact) mass is 776 g/mol. The molecule has 6 aromatic rings. The van der Waals surface area contributed by atoms with Crippen LogP contribution in [0, 0.1) is 5.82 Å². The topological polar surface area (TPSA) is 111 Å². The van der Waals surface area contributed by atoms with Gasteiger partial charge in [0.25, 0.3) is 5.91 Å². The molecule has 2 aromatic heterocycles. The Morgan fingerprint density at radius 3 is 2.30 bits per heavy atom. The number of imidazole rings is 1. The van der Waals surface area contributed by atoms with E-state index in [2.05, 4.69) is 10.3 Å². The number of hydrogen-bond acceptors (Lipinski definition) is 7. The Hall–Kier alpha value is -6.14. The minimum Gasteiger partial charge on any atom is -0.493 e. The van der Waals surface area contributed by atoms with Crippen molar-refractivity contribution < 1.29 is 23.5 Å². The highest BCUT2D eigenvalue weighted by molar-refractivity contribution is 6.30. The van der Waals surface area contributed by atoms with Crippen molar-refractivity contribution in [3.05, 3.63) is 135 Å². The number of hydrogen-bond donors (Lipinski definition) is 1. The van der Waals surface area contributed by atoms with Crippen molar-refractivity contribution in [1.82, 2.24) is 19.0 Å². The van der Waals surface area contributed by atoms with Crippen LogP contribution in [-0.4, -0.2) is 71.2 Å². The summed E-state index contributed by atoms with van der Waals surface area (Å²) in [6.07, 6.45) is 4.20. The summed E-state index contributed by atoms with van der Waals surface area (Å²) in [6, 6.07) is 25.4. The fraction of sp³-hybridized carbons (Fsp3) is 0.256. The van der Waals surface area contributed by atoms with E-state index in [1.807, 2.05) is 59.2 Å². The molecular weight excluding hydrogens is 735 g/mol. The average molecular weight is 777 g/mol. The van der Waals surface area contributed by atoms with E-state index in [1.54, 1.807) is 66.1 Å². The number of benzene rings is 4. The number of nitrogens with one attached hydrogen (secondary N) is 1. The fourth-order valence-electron chi connectivity index (χ4n) is 7.12. The molecule has 0 atom stereocenters. The van der Waals surface area contributed by atoms with Crippen LogP contribution in [0.3, 0.4) is 0 Å². The first kappa shape index (κ1) is 38.1. The number of nitrogens with zero attached hydrogens (tertiary/aromatic N) is 5. The van der Waals surface area contributed by atoms with Gasteiger partial charge in [0.1, 0.15) is 22.9 Å². The molecule has 7 rings (SSSR count). The number of anilines is 2. The lowest BCUT2D eigenvalue weighted by Crippen LogP contribution is -2.49. The molecule has 0 unspecified atom stereocenters. The van der Waals surface area contributed by atoms with Crippen LogP contribution < -0.4 is 25.1 Å². The maximum atomic E-state index is 15.9. The van der Waals surface area contributed by atoms with Gasteiger partial charge in [-0.2, -0.15) is 0 Å². The maximum Gasteiger partial charge on any atom is 0.262 e. The van der Waals surface area contributed by atoms with E-state index in [4.69, 9.17) is 21.1 Å². The van der Waals surface area contributed by atoms with Gasteiger partial charge in [-0.1, -0.05) is 60.1 Å². The number of amides is 2. The van der Waals surface area contributed by atoms with Crippen LogP contribution in [-0.2, 0) is 24.3 Å². The molecule has 1 N–H and O–H groups in total. The van der Waals surface area contributed by atoms with Crippen molar-refractivity contribution in [1.29, 1.82) is 0 Å². The second kappa shape index (κ2) is 16.7. The Balaban J connectivity index is 1.15. The number of ether oxygens (including phenoxy) is 2. The van der Waals surface area contributed by atoms with E-state index >= 15 is 4.39 Å². The Morgan fingerprint density at radius 2 is 1.61 bits per heavy atom. The third kappa shape index (κ3) is 7.97. The molecule has 4 aromatic carbocycles. The quantitative estimate of drug-likeness (QED) is 0.139. The van der Waals surface area contributed by atoms with Crippen LogP contribution in [0.4, 0.5) is 15.9 Å². The Morgan fingerprint density at radius 1 is 0.875 bits per heavy atom. The van der Waals surface area contributed by atoms with Gasteiger partial charge in [0.2, 0.25) is 11.3 Å². The highest BCUT2D eigenvalue weighted by atomic mass is 35.5. The molecule has 1 saturated heterocycles. The molecule has 0 aliphatic carbocycles. The van der Waals surface area contributed by atoms with Crippen molar-refractivity contribution in [2.45, 2.75) is 32.9 Å². The van der Waals surface area contributed by atoms with Gasteiger partial charge in [0, 0.05) is 61.3 Å². The number of piperazine rings is 1. The number of carbonyl (C=O) groups excluding carboxylic acids is 2. The summed E-state index contributed by atoms with van der Waals surface area (Å²) in [5.41, 5.74) is 3.25. The molecule has 288 valence electrons. The summed E-state index contributed by atoms with van der Waals surface area (Å²) in [7, 11) is 3.12. The van der Waals surface area contributed by atoms with Crippen LogP contribution >= 0.6 is 11.6 Å². The van der Waals surface area contributed by atoms with Crippen molar-refractivity contribution >= 4 is 45.8 Å². The van der Waals surface area contributed by atoms with Crippen LogP contribution in [0.1, 0.15) is 34.8 Å². The van der Waals surface area contributed by atoms with E-state index < -0.39 is 17.2 Å². The number of aryl methyl sites for hydroxylation is 2. The smallest absolute Gasteiger partial charge is 0.262 e. The van der Waals surface area contributed by atoms with Gasteiger partial charge in [-0.25, -0.2) is 9.37 Å². The molecule has 56 heavy (non-hydrogen) atoms. The predicted octanol–water partition coefficient (Wildman–Crippen LogP) is 7.28. The maximum absolute atomic E-state index is 15.9. The zero-order valence-electron chi connectivity index (χ0n) is 31.4. The van der Waals surface area contributed by atoms with Crippen molar-refractivity contribution in [2.24, 2.45) is 0 Å². The van der Waals surface area contributed by atoms with Crippen molar-refractivity contribution in [3.8, 4) is 22.8 Å². The van der Waals surface area contributed by atoms with Crippen molar-refractivity contribution in [2.75, 3.05) is 50.6 Å². The van der Waals surface area contributed by atoms with Gasteiger partial charge >= 0.3 is 0 Å². The Labute approximate surface area is 328 Å². The summed E-state index contributed by atoms with van der Waals surface area (Å²) >= 11 is 6.18. The number of methoxy groups -OCH3 is 2. The molecule has 0 spiro atoms. The molecule has 1 aliphatic rings. The Kier molecular flexibility index (Phi) is 11.4. The van der Waals surface area contributed by atoms with E-state index in [0.717, 1.165) is 11.1 Å². The number of aromatic nitrogens is 3. The van der Waals surface area contributed by atoms with Gasteiger partial charge in [0.05, 0.1) is 38.3 Å². The normalized spacial score (nSPS) is 12.9. The molecular formula is C43H42ClFN6O5. The van der Waals surface area contributed by atoms with Crippen LogP contribution in [0.15, 0.2) is 102 Å². The van der Waals surface area contributed by atoms with Crippen LogP contribution in [0.25, 0.3) is 22.2 Å². The average Bonchev–Trinajstić information content (AvgIpc) is 3.61. The van der Waals surface area contributed by atoms with Crippen LogP contribution in [0.2, 0.25) is 5.02 Å². The molecule has 3 heterocycles. The number of fused-ring (bicyclic) bond motifs is 1. The van der Waals surface area contributed by atoms with Gasteiger partial charge in [-0.3, -0.25) is 14.4 Å². The lowest BCUT2D eigenvalue weighted by atomic mass is 10.1. The third-order valence-electron chi connectivity index (χ3n) is 10.2. The first-order valence-corrected chi connectivity index (χ1v) is 18.8. The molecule has 0 saturated carbocycles. The number of rotatable bonds is 12. The molecule has 2 amide bonds. The SMILES string of the molecule is CCn1cc(C(=O)Nc2c(-c3ccc(Cl)cc3)ncn2Cc2ccc(OC)c(OC)c2)c(=O)c2cc(F)c(N3CCN(C(=O)CCc4ccccc4)CC3)cc21. The summed E-state index contributed by atoms with van der Waals surface area (Å²) in [4.78, 5) is 49.5. The molecule has 1 aliphatic heterocycles. The zero-order chi connectivity index (χ0) is 39.3. The molecule has 1 fully saturated rings. The third-order valence-corrected chi connectivity index (χ3v) is 10.4. The molecule has 0 bridgehead atoms. The molecule has 0 radical (unpaired) electrons. The second-order valence-corrected chi connectivity index (χ2v) is 14.0. The number of pyridine rings is 1. The van der Waals surface area contributed by atoms with Crippen molar-refractivity contribution in [3.63, 3.8) is 0 Å². The lowest BCUT2D eigenvalue weighted by Gasteiger charge is -2.36. The van der Waals surface area contributed by atoms with E-state index in [-0.39, 0.29) is 16.9 Å². The first-order chi connectivity index (χ1) is 27.2. The number of halogens is 2. The fourth-order valence-corrected chi connectivity index (χ4v) is 7.24. The second-order valence-electron chi connectivity index (χ2n) is 13.6. The highest BCUT2D eigenvalue weighted by Gasteiger charge is 2.26. The molecule has 13 heteroatoms. The summed E-state index contributed by atoms with van der Waals surface area (Å²) in [5.74, 6) is 0.314. The Bertz CT molecular complexity index is 2440. The molecule has 11 nitrogen and oxygen atoms in total. The number of carbonyl (C=O) groups is 2. The highest BCUT2D eigenvalue weighted by Crippen LogP contribution is 2.32. The zero-order valence-corrected chi connectivity index (χ0v) is 32.2. The summed E-state index contributed by atoms with van der Waals surface area (Å²) in [6.45, 7) is 4.44. The minimum atomic E-state index is -0.666. The first-order valence-electron chi connectivity index (χ1n) is 18.4. The van der Waals surface area contributed by atoms with E-state index in [1.165, 1.54) is 12.3 Å². The minimum absolute atomic E-state index is 0.0717. The van der Waals surface area contributed by atoms with Crippen LogP contribution in [0.5, 0.6) is 11.5 Å². The van der Waals surface area contributed by atoms with E-state index in [0.29, 0.717) is 96.9 Å². The largest absolute Gasteiger partial charge is 0.493 e. The van der Waals surface area contributed by atoms with Gasteiger partial charge in [0.15, 0.2) is 11.5 Å². The van der Waals surface area contributed by atoms with Gasteiger partial charge in [-0.05, 0) is 60.9 Å². The standard InChI is InChI=1S/C43H42ClFN6O5/c1-4-48-26-33(41(53)32-23-34(45)36(24-35(32)48)49-18-20-50(21-19-49)39(52)17-11-28-8-6-5-7-9-28)43(54)47-42-40(30-12-14-31(44)15-13-30)46-27-51(42)25-29-10-16-37(55-2)38(22-29)56-3/h5-10,12-16,22-24,26-27H,4,11,17-21,25H2,1-3H3,(H,47,54). The van der Waals surface area contributed by atoms with E-state index in [9.17, 15) is 14.4 Å². The van der Waals surface area contributed by atoms with Gasteiger partial charge in [-0.15, -0.1) is 0 Å².